The quantitative estimate of drug-likeness (QED) is 0.502. The standard InChI is InChI=1S/C21H22N6O3/c28-20(25-11-9-24(10-12-25)19-4-1-2-7-22-19)5-3-8-27-21(29)17-14-18-16(6-13-30-18)26(17)15-23-27/h1-2,4,6-7,13-15H,3,5,8-12H2. The van der Waals surface area contributed by atoms with Crippen molar-refractivity contribution in [1.82, 2.24) is 24.1 Å². The van der Waals surface area contributed by atoms with E-state index in [1.807, 2.05) is 23.1 Å². The number of anilines is 1. The van der Waals surface area contributed by atoms with Crippen LogP contribution in [-0.2, 0) is 11.3 Å². The number of fused-ring (bicyclic) bond motifs is 3. The molecule has 1 aliphatic rings. The average molecular weight is 406 g/mol. The summed E-state index contributed by atoms with van der Waals surface area (Å²) < 4.78 is 8.50. The van der Waals surface area contributed by atoms with E-state index in [0.29, 0.717) is 43.6 Å². The molecule has 30 heavy (non-hydrogen) atoms. The topological polar surface area (TPSA) is 88.9 Å². The Morgan fingerprint density at radius 2 is 1.97 bits per heavy atom. The van der Waals surface area contributed by atoms with Gasteiger partial charge in [-0.1, -0.05) is 6.07 Å². The number of aryl methyl sites for hydroxylation is 1. The number of furan rings is 1. The summed E-state index contributed by atoms with van der Waals surface area (Å²) in [4.78, 5) is 33.7. The number of hydrogen-bond donors (Lipinski definition) is 0. The number of nitrogens with zero attached hydrogens (tertiary/aromatic N) is 6. The van der Waals surface area contributed by atoms with Crippen molar-refractivity contribution in [2.45, 2.75) is 19.4 Å². The summed E-state index contributed by atoms with van der Waals surface area (Å²) in [7, 11) is 0. The number of piperazine rings is 1. The Labute approximate surface area is 172 Å². The molecule has 1 fully saturated rings. The first kappa shape index (κ1) is 18.4. The van der Waals surface area contributed by atoms with Gasteiger partial charge in [-0.25, -0.2) is 9.67 Å². The van der Waals surface area contributed by atoms with Crippen LogP contribution in [0.4, 0.5) is 5.82 Å². The van der Waals surface area contributed by atoms with Crippen LogP contribution in [0, 0.1) is 0 Å². The summed E-state index contributed by atoms with van der Waals surface area (Å²) >= 11 is 0. The Morgan fingerprint density at radius 3 is 2.77 bits per heavy atom. The van der Waals surface area contributed by atoms with E-state index in [0.717, 1.165) is 24.4 Å². The lowest BCUT2D eigenvalue weighted by molar-refractivity contribution is -0.131. The first-order chi connectivity index (χ1) is 14.7. The molecule has 4 aromatic rings. The lowest BCUT2D eigenvalue weighted by Crippen LogP contribution is -2.49. The molecule has 4 aromatic heterocycles. The van der Waals surface area contributed by atoms with Crippen LogP contribution in [0.25, 0.3) is 16.6 Å². The summed E-state index contributed by atoms with van der Waals surface area (Å²) in [6.07, 6.45) is 5.95. The van der Waals surface area contributed by atoms with E-state index in [1.165, 1.54) is 4.68 Å². The van der Waals surface area contributed by atoms with E-state index in [9.17, 15) is 9.59 Å². The predicted octanol–water partition coefficient (Wildman–Crippen LogP) is 1.77. The van der Waals surface area contributed by atoms with Gasteiger partial charge in [-0.15, -0.1) is 0 Å². The van der Waals surface area contributed by atoms with Crippen LogP contribution in [0.5, 0.6) is 0 Å². The minimum Gasteiger partial charge on any atom is -0.463 e. The summed E-state index contributed by atoms with van der Waals surface area (Å²) in [5, 5.41) is 4.25. The highest BCUT2D eigenvalue weighted by Crippen LogP contribution is 2.18. The van der Waals surface area contributed by atoms with Crippen molar-refractivity contribution in [3.8, 4) is 0 Å². The molecule has 0 spiro atoms. The molecule has 1 amide bonds. The van der Waals surface area contributed by atoms with Gasteiger partial charge in [0.05, 0.1) is 11.8 Å². The number of aromatic nitrogens is 4. The highest BCUT2D eigenvalue weighted by molar-refractivity contribution is 5.81. The lowest BCUT2D eigenvalue weighted by atomic mass is 10.2. The molecule has 9 heteroatoms. The zero-order valence-electron chi connectivity index (χ0n) is 16.5. The van der Waals surface area contributed by atoms with Crippen molar-refractivity contribution in [3.05, 3.63) is 59.5 Å². The largest absolute Gasteiger partial charge is 0.463 e. The van der Waals surface area contributed by atoms with Crippen molar-refractivity contribution in [1.29, 1.82) is 0 Å². The summed E-state index contributed by atoms with van der Waals surface area (Å²) in [6.45, 7) is 3.32. The second-order valence-corrected chi connectivity index (χ2v) is 7.39. The van der Waals surface area contributed by atoms with Gasteiger partial charge in [-0.05, 0) is 18.6 Å². The third-order valence-corrected chi connectivity index (χ3v) is 5.59. The number of hydrogen-bond acceptors (Lipinski definition) is 6. The number of carbonyl (C=O) groups is 1. The Kier molecular flexibility index (Phi) is 4.70. The molecule has 9 nitrogen and oxygen atoms in total. The van der Waals surface area contributed by atoms with Crippen molar-refractivity contribution in [2.24, 2.45) is 0 Å². The molecular formula is C21H22N6O3. The fraction of sp³-hybridized carbons (Fsp3) is 0.333. The fourth-order valence-electron chi connectivity index (χ4n) is 3.96. The molecule has 0 unspecified atom stereocenters. The molecule has 0 radical (unpaired) electrons. The van der Waals surface area contributed by atoms with Gasteiger partial charge in [0, 0.05) is 57.5 Å². The van der Waals surface area contributed by atoms with Crippen LogP contribution in [0.15, 0.2) is 58.3 Å². The Bertz CT molecular complexity index is 1230. The molecule has 1 saturated heterocycles. The average Bonchev–Trinajstić information content (AvgIpc) is 3.38. The minimum atomic E-state index is -0.180. The van der Waals surface area contributed by atoms with E-state index in [4.69, 9.17) is 4.42 Å². The van der Waals surface area contributed by atoms with Gasteiger partial charge in [-0.2, -0.15) is 5.10 Å². The van der Waals surface area contributed by atoms with Crippen LogP contribution >= 0.6 is 0 Å². The highest BCUT2D eigenvalue weighted by atomic mass is 16.3. The third-order valence-electron chi connectivity index (χ3n) is 5.59. The Balaban J connectivity index is 1.17. The molecule has 0 N–H and O–H groups in total. The van der Waals surface area contributed by atoms with Crippen LogP contribution in [-0.4, -0.2) is 56.2 Å². The van der Waals surface area contributed by atoms with Gasteiger partial charge < -0.3 is 14.2 Å². The summed E-state index contributed by atoms with van der Waals surface area (Å²) in [5.41, 5.74) is 1.82. The monoisotopic (exact) mass is 406 g/mol. The molecule has 0 aromatic carbocycles. The fourth-order valence-corrected chi connectivity index (χ4v) is 3.96. The van der Waals surface area contributed by atoms with Gasteiger partial charge in [0.2, 0.25) is 5.91 Å². The second-order valence-electron chi connectivity index (χ2n) is 7.39. The third kappa shape index (κ3) is 3.32. The predicted molar refractivity (Wildman–Crippen MR) is 111 cm³/mol. The Morgan fingerprint density at radius 1 is 1.10 bits per heavy atom. The van der Waals surface area contributed by atoms with Gasteiger partial charge in [0.15, 0.2) is 5.58 Å². The summed E-state index contributed by atoms with van der Waals surface area (Å²) in [6, 6.07) is 9.39. The molecule has 0 aliphatic carbocycles. The maximum atomic E-state index is 12.7. The first-order valence-corrected chi connectivity index (χ1v) is 10.1. The smallest absolute Gasteiger partial charge is 0.291 e. The molecule has 0 saturated carbocycles. The molecule has 1 aliphatic heterocycles. The van der Waals surface area contributed by atoms with Gasteiger partial charge in [0.25, 0.3) is 5.56 Å². The molecule has 0 atom stereocenters. The number of amides is 1. The molecule has 5 heterocycles. The van der Waals surface area contributed by atoms with Gasteiger partial charge in [0.1, 0.15) is 17.7 Å². The van der Waals surface area contributed by atoms with Gasteiger partial charge in [-0.3, -0.25) is 14.0 Å². The van der Waals surface area contributed by atoms with Crippen molar-refractivity contribution in [2.75, 3.05) is 31.1 Å². The zero-order chi connectivity index (χ0) is 20.5. The molecule has 0 bridgehead atoms. The number of carbonyl (C=O) groups excluding carboxylic acids is 1. The van der Waals surface area contributed by atoms with Crippen LogP contribution in [0.1, 0.15) is 12.8 Å². The van der Waals surface area contributed by atoms with E-state index in [1.54, 1.807) is 35.3 Å². The molecule has 154 valence electrons. The van der Waals surface area contributed by atoms with Crippen LogP contribution < -0.4 is 10.5 Å². The summed E-state index contributed by atoms with van der Waals surface area (Å²) in [5.74, 6) is 1.06. The molecular weight excluding hydrogens is 384 g/mol. The zero-order valence-corrected chi connectivity index (χ0v) is 16.5. The minimum absolute atomic E-state index is 0.116. The Hall–Kier alpha value is -3.62. The maximum absolute atomic E-state index is 12.7. The van der Waals surface area contributed by atoms with Crippen LogP contribution in [0.3, 0.4) is 0 Å². The normalized spacial score (nSPS) is 14.7. The van der Waals surface area contributed by atoms with Crippen LogP contribution in [0.2, 0.25) is 0 Å². The van der Waals surface area contributed by atoms with E-state index in [2.05, 4.69) is 15.0 Å². The van der Waals surface area contributed by atoms with Crippen molar-refractivity contribution < 1.29 is 9.21 Å². The van der Waals surface area contributed by atoms with E-state index in [-0.39, 0.29) is 11.5 Å². The highest BCUT2D eigenvalue weighted by Gasteiger charge is 2.21. The van der Waals surface area contributed by atoms with Gasteiger partial charge >= 0.3 is 0 Å². The van der Waals surface area contributed by atoms with E-state index >= 15 is 0 Å². The van der Waals surface area contributed by atoms with E-state index < -0.39 is 0 Å². The number of pyridine rings is 1. The number of rotatable bonds is 5. The first-order valence-electron chi connectivity index (χ1n) is 10.1. The SMILES string of the molecule is O=C(CCCn1ncn2c(cc3occc32)c1=O)N1CCN(c2ccccn2)CC1. The van der Waals surface area contributed by atoms with Crippen molar-refractivity contribution in [3.63, 3.8) is 0 Å². The van der Waals surface area contributed by atoms with Crippen molar-refractivity contribution >= 4 is 28.3 Å². The second kappa shape index (κ2) is 7.66. The lowest BCUT2D eigenvalue weighted by Gasteiger charge is -2.35. The maximum Gasteiger partial charge on any atom is 0.291 e. The molecule has 5 rings (SSSR count).